The zero-order valence-corrected chi connectivity index (χ0v) is 14.7. The fourth-order valence-corrected chi connectivity index (χ4v) is 2.72. The van der Waals surface area contributed by atoms with Gasteiger partial charge < -0.3 is 6.92 Å². The summed E-state index contributed by atoms with van der Waals surface area (Å²) in [5, 5.41) is 0. The molecule has 116 valence electrons. The molecule has 0 aliphatic carbocycles. The van der Waals surface area contributed by atoms with Crippen LogP contribution in [0.3, 0.4) is 0 Å². The molecule has 0 saturated heterocycles. The van der Waals surface area contributed by atoms with Crippen LogP contribution in [0.25, 0.3) is 0 Å². The summed E-state index contributed by atoms with van der Waals surface area (Å²) >= 11 is 0. The van der Waals surface area contributed by atoms with E-state index in [-0.39, 0.29) is 18.9 Å². The molecule has 0 saturated carbocycles. The maximum atomic E-state index is 3.89. The summed E-state index contributed by atoms with van der Waals surface area (Å²) in [5.74, 6) is 0. The van der Waals surface area contributed by atoms with E-state index < -0.39 is 0 Å². The summed E-state index contributed by atoms with van der Waals surface area (Å²) in [4.78, 5) is 0. The van der Waals surface area contributed by atoms with Crippen molar-refractivity contribution in [1.29, 1.82) is 0 Å². The van der Waals surface area contributed by atoms with E-state index in [1.54, 1.807) is 0 Å². The molecule has 0 spiro atoms. The van der Waals surface area contributed by atoms with Crippen LogP contribution in [0.15, 0.2) is 0 Å². The van der Waals surface area contributed by atoms with Gasteiger partial charge >= 0.3 is 18.9 Å². The van der Waals surface area contributed by atoms with Gasteiger partial charge in [-0.15, -0.1) is 0 Å². The Bertz CT molecular complexity index is 129. The van der Waals surface area contributed by atoms with Crippen LogP contribution in [0, 0.1) is 6.92 Å². The summed E-state index contributed by atoms with van der Waals surface area (Å²) in [5.41, 5.74) is 0. The maximum Gasteiger partial charge on any atom is 1.00 e. The van der Waals surface area contributed by atoms with Crippen LogP contribution in [-0.2, 0) is 0 Å². The molecule has 0 aliphatic rings. The zero-order chi connectivity index (χ0) is 14.0. The average Bonchev–Trinajstić information content (AvgIpc) is 2.43. The van der Waals surface area contributed by atoms with Gasteiger partial charge in [0.2, 0.25) is 0 Å². The van der Waals surface area contributed by atoms with Crippen LogP contribution in [0.2, 0.25) is 0 Å². The monoisotopic (exact) mass is 274 g/mol. The summed E-state index contributed by atoms with van der Waals surface area (Å²) in [6.07, 6.45) is 24.3. The number of hydrogen-bond acceptors (Lipinski definition) is 0. The van der Waals surface area contributed by atoms with Crippen LogP contribution < -0.4 is 18.9 Å². The van der Waals surface area contributed by atoms with E-state index in [9.17, 15) is 0 Å². The zero-order valence-electron chi connectivity index (χ0n) is 14.7. The minimum atomic E-state index is 0. The third-order valence-corrected chi connectivity index (χ3v) is 4.10. The van der Waals surface area contributed by atoms with Gasteiger partial charge in [-0.2, -0.15) is 6.42 Å². The molecule has 0 aromatic carbocycles. The van der Waals surface area contributed by atoms with E-state index in [0.29, 0.717) is 0 Å². The van der Waals surface area contributed by atoms with Crippen LogP contribution in [0.5, 0.6) is 0 Å². The molecule has 0 heterocycles. The van der Waals surface area contributed by atoms with Crippen molar-refractivity contribution in [2.24, 2.45) is 0 Å². The van der Waals surface area contributed by atoms with Gasteiger partial charge in [0.05, 0.1) is 0 Å². The second-order valence-corrected chi connectivity index (χ2v) is 6.16. The summed E-state index contributed by atoms with van der Waals surface area (Å²) < 4.78 is 0. The molecule has 0 radical (unpaired) electrons. The number of unbranched alkanes of at least 4 members (excludes halogenated alkanes) is 16. The quantitative estimate of drug-likeness (QED) is 0.221. The first-order valence-corrected chi connectivity index (χ1v) is 9.21. The van der Waals surface area contributed by atoms with Gasteiger partial charge in [0, 0.05) is 0 Å². The Hall–Kier alpha value is 0.597. The van der Waals surface area contributed by atoms with E-state index in [1.807, 2.05) is 0 Å². The third kappa shape index (κ3) is 20.9. The summed E-state index contributed by atoms with van der Waals surface area (Å²) in [6, 6.07) is 0. The van der Waals surface area contributed by atoms with Crippen molar-refractivity contribution in [3.05, 3.63) is 6.92 Å². The molecule has 0 fully saturated rings. The Kier molecular flexibility index (Phi) is 25.0. The van der Waals surface area contributed by atoms with Gasteiger partial charge in [-0.1, -0.05) is 110 Å². The van der Waals surface area contributed by atoms with Crippen molar-refractivity contribution in [1.82, 2.24) is 0 Å². The normalized spacial score (nSPS) is 10.5. The van der Waals surface area contributed by atoms with E-state index in [2.05, 4.69) is 13.8 Å². The molecule has 0 aromatic heterocycles. The van der Waals surface area contributed by atoms with Crippen molar-refractivity contribution in [3.8, 4) is 0 Å². The predicted octanol–water partition coefficient (Wildman–Crippen LogP) is 4.48. The van der Waals surface area contributed by atoms with E-state index >= 15 is 0 Å². The second kappa shape index (κ2) is 21.9. The number of rotatable bonds is 16. The molecular weight excluding hydrogens is 235 g/mol. The Balaban J connectivity index is 0. The van der Waals surface area contributed by atoms with Crippen molar-refractivity contribution >= 4 is 0 Å². The topological polar surface area (TPSA) is 0 Å². The van der Waals surface area contributed by atoms with Gasteiger partial charge in [-0.25, -0.2) is 0 Å². The van der Waals surface area contributed by atoms with Crippen molar-refractivity contribution in [3.63, 3.8) is 0 Å². The molecule has 0 aromatic rings. The Morgan fingerprint density at radius 3 is 0.950 bits per heavy atom. The van der Waals surface area contributed by atoms with Crippen molar-refractivity contribution in [2.75, 3.05) is 0 Å². The van der Waals surface area contributed by atoms with Crippen LogP contribution in [-0.4, -0.2) is 0 Å². The average molecular weight is 274 g/mol. The van der Waals surface area contributed by atoms with Gasteiger partial charge in [0.15, 0.2) is 0 Å². The van der Waals surface area contributed by atoms with Crippen molar-refractivity contribution in [2.45, 2.75) is 116 Å². The molecule has 1 heteroatoms. The van der Waals surface area contributed by atoms with Crippen LogP contribution in [0.4, 0.5) is 0 Å². The maximum absolute atomic E-state index is 3.89. The SMILES string of the molecule is [CH2-]CCCCCCCCCCCCCCCCCC.[Li+]. The number of hydrogen-bond donors (Lipinski definition) is 0. The smallest absolute Gasteiger partial charge is 0.343 e. The molecule has 0 aliphatic heterocycles. The molecule has 0 unspecified atom stereocenters. The standard InChI is InChI=1S/C19H39.Li/c1-3-5-7-9-11-13-15-17-19-18-16-14-12-10-8-6-4-2;/h1,3-19H2,2H3;/q-1;+1. The first-order chi connectivity index (χ1) is 9.41. The van der Waals surface area contributed by atoms with Gasteiger partial charge in [-0.05, 0) is 0 Å². The Labute approximate surface area is 142 Å². The summed E-state index contributed by atoms with van der Waals surface area (Å²) in [7, 11) is 0. The molecule has 0 amide bonds. The minimum Gasteiger partial charge on any atom is -0.343 e. The largest absolute Gasteiger partial charge is 1.00 e. The Morgan fingerprint density at radius 1 is 0.450 bits per heavy atom. The second-order valence-electron chi connectivity index (χ2n) is 6.16. The van der Waals surface area contributed by atoms with Gasteiger partial charge in [0.25, 0.3) is 0 Å². The van der Waals surface area contributed by atoms with E-state index in [0.717, 1.165) is 6.42 Å². The fraction of sp³-hybridized carbons (Fsp3) is 0.947. The summed E-state index contributed by atoms with van der Waals surface area (Å²) in [6.45, 7) is 6.18. The van der Waals surface area contributed by atoms with Gasteiger partial charge in [-0.3, -0.25) is 0 Å². The molecule has 0 bridgehead atoms. The van der Waals surface area contributed by atoms with Crippen LogP contribution >= 0.6 is 0 Å². The van der Waals surface area contributed by atoms with Crippen LogP contribution in [0.1, 0.15) is 116 Å². The predicted molar refractivity (Wildman–Crippen MR) is 89.5 cm³/mol. The third-order valence-electron chi connectivity index (χ3n) is 4.10. The Morgan fingerprint density at radius 2 is 0.700 bits per heavy atom. The molecule has 0 N–H and O–H groups in total. The molecule has 0 nitrogen and oxygen atoms in total. The minimum absolute atomic E-state index is 0. The molecule has 0 rings (SSSR count). The fourth-order valence-electron chi connectivity index (χ4n) is 2.72. The molecule has 20 heavy (non-hydrogen) atoms. The first-order valence-electron chi connectivity index (χ1n) is 9.21. The van der Waals surface area contributed by atoms with Crippen molar-refractivity contribution < 1.29 is 18.9 Å². The molecular formula is C19H39Li. The van der Waals surface area contributed by atoms with E-state index in [4.69, 9.17) is 0 Å². The van der Waals surface area contributed by atoms with E-state index in [1.165, 1.54) is 103 Å². The molecule has 0 atom stereocenters. The first kappa shape index (κ1) is 22.9. The van der Waals surface area contributed by atoms with Gasteiger partial charge in [0.1, 0.15) is 0 Å².